The lowest BCUT2D eigenvalue weighted by atomic mass is 9.97. The van der Waals surface area contributed by atoms with Crippen molar-refractivity contribution in [2.75, 3.05) is 5.73 Å². The van der Waals surface area contributed by atoms with E-state index in [1.807, 2.05) is 0 Å². The summed E-state index contributed by atoms with van der Waals surface area (Å²) >= 11 is 5.97. The van der Waals surface area contributed by atoms with Gasteiger partial charge in [-0.05, 0) is 37.8 Å². The first-order valence-corrected chi connectivity index (χ1v) is 6.76. The largest absolute Gasteiger partial charge is 0.382 e. The number of anilines is 1. The van der Waals surface area contributed by atoms with Crippen LogP contribution < -0.4 is 5.73 Å². The van der Waals surface area contributed by atoms with Gasteiger partial charge < -0.3 is 5.73 Å². The minimum absolute atomic E-state index is 0.0229. The highest BCUT2D eigenvalue weighted by atomic mass is 35.5. The summed E-state index contributed by atoms with van der Waals surface area (Å²) in [4.78, 5) is 10.7. The van der Waals surface area contributed by atoms with Gasteiger partial charge in [0, 0.05) is 22.3 Å². The zero-order valence-electron chi connectivity index (χ0n) is 10.7. The molecule has 3 rings (SSSR count). The molecule has 0 spiro atoms. The zero-order chi connectivity index (χ0) is 14.3. The number of rotatable bonds is 2. The topological polar surface area (TPSA) is 87.0 Å². The number of benzene rings is 1. The van der Waals surface area contributed by atoms with Crippen molar-refractivity contribution >= 4 is 23.1 Å². The van der Waals surface area contributed by atoms with Gasteiger partial charge >= 0.3 is 0 Å². The van der Waals surface area contributed by atoms with Crippen LogP contribution in [-0.2, 0) is 12.8 Å². The first-order valence-electron chi connectivity index (χ1n) is 6.38. The maximum Gasteiger partial charge on any atom is 0.294 e. The molecule has 1 aliphatic rings. The van der Waals surface area contributed by atoms with Crippen LogP contribution in [0.1, 0.15) is 24.1 Å². The second-order valence-electron chi connectivity index (χ2n) is 4.82. The molecule has 20 heavy (non-hydrogen) atoms. The van der Waals surface area contributed by atoms with E-state index in [9.17, 15) is 10.1 Å². The molecule has 0 aliphatic heterocycles. The standard InChI is InChI=1S/C13H13ClN4O2/c14-8-5-6-11(18(19)20)12(7-8)17-10-4-2-1-3-9(10)13(15)16-17/h5-7H,1-4H2,(H2,15,16). The lowest BCUT2D eigenvalue weighted by molar-refractivity contribution is -0.384. The molecule has 104 valence electrons. The molecule has 0 saturated carbocycles. The summed E-state index contributed by atoms with van der Waals surface area (Å²) in [5, 5.41) is 15.9. The van der Waals surface area contributed by atoms with E-state index < -0.39 is 4.92 Å². The van der Waals surface area contributed by atoms with Gasteiger partial charge in [-0.2, -0.15) is 0 Å². The third-order valence-corrected chi connectivity index (χ3v) is 3.81. The summed E-state index contributed by atoms with van der Waals surface area (Å²) in [6, 6.07) is 4.45. The van der Waals surface area contributed by atoms with Crippen LogP contribution in [0.5, 0.6) is 0 Å². The van der Waals surface area contributed by atoms with E-state index in [0.29, 0.717) is 16.5 Å². The fraction of sp³-hybridized carbons (Fsp3) is 0.308. The SMILES string of the molecule is Nc1nn(-c2cc(Cl)ccc2[N+](=O)[O-])c2c1CCCC2. The molecule has 1 heterocycles. The van der Waals surface area contributed by atoms with Gasteiger partial charge in [-0.25, -0.2) is 4.68 Å². The van der Waals surface area contributed by atoms with Gasteiger partial charge in [0.05, 0.1) is 4.92 Å². The van der Waals surface area contributed by atoms with E-state index in [1.165, 1.54) is 12.1 Å². The van der Waals surface area contributed by atoms with Crippen LogP contribution in [0.4, 0.5) is 11.5 Å². The van der Waals surface area contributed by atoms with E-state index in [1.54, 1.807) is 10.7 Å². The molecule has 0 fully saturated rings. The average Bonchev–Trinajstić information content (AvgIpc) is 2.76. The molecule has 0 saturated heterocycles. The Labute approximate surface area is 120 Å². The van der Waals surface area contributed by atoms with Crippen molar-refractivity contribution in [1.29, 1.82) is 0 Å². The zero-order valence-corrected chi connectivity index (χ0v) is 11.4. The van der Waals surface area contributed by atoms with Crippen molar-refractivity contribution in [2.45, 2.75) is 25.7 Å². The van der Waals surface area contributed by atoms with E-state index in [-0.39, 0.29) is 5.69 Å². The smallest absolute Gasteiger partial charge is 0.294 e. The molecular weight excluding hydrogens is 280 g/mol. The molecule has 2 aromatic rings. The molecule has 2 N–H and O–H groups in total. The van der Waals surface area contributed by atoms with E-state index >= 15 is 0 Å². The summed E-state index contributed by atoms with van der Waals surface area (Å²) in [6.07, 6.45) is 3.80. The van der Waals surface area contributed by atoms with Crippen molar-refractivity contribution in [3.8, 4) is 5.69 Å². The Morgan fingerprint density at radius 2 is 2.10 bits per heavy atom. The minimum Gasteiger partial charge on any atom is -0.382 e. The molecule has 0 unspecified atom stereocenters. The van der Waals surface area contributed by atoms with Crippen molar-refractivity contribution in [3.05, 3.63) is 44.6 Å². The molecule has 0 amide bonds. The predicted octanol–water partition coefficient (Wildman–Crippen LogP) is 2.89. The highest BCUT2D eigenvalue weighted by Crippen LogP contribution is 2.32. The van der Waals surface area contributed by atoms with Crippen LogP contribution in [0.2, 0.25) is 5.02 Å². The van der Waals surface area contributed by atoms with Gasteiger partial charge in [-0.1, -0.05) is 11.6 Å². The summed E-state index contributed by atoms with van der Waals surface area (Å²) in [5.41, 5.74) is 8.24. The number of halogens is 1. The highest BCUT2D eigenvalue weighted by Gasteiger charge is 2.24. The number of nitro benzene ring substituents is 1. The van der Waals surface area contributed by atoms with Crippen LogP contribution >= 0.6 is 11.6 Å². The molecule has 0 atom stereocenters. The van der Waals surface area contributed by atoms with Crippen LogP contribution in [-0.4, -0.2) is 14.7 Å². The maximum absolute atomic E-state index is 11.2. The number of aromatic nitrogens is 2. The number of hydrogen-bond acceptors (Lipinski definition) is 4. The Balaban J connectivity index is 2.23. The molecule has 7 heteroatoms. The third kappa shape index (κ3) is 2.02. The summed E-state index contributed by atoms with van der Waals surface area (Å²) in [6.45, 7) is 0. The lowest BCUT2D eigenvalue weighted by Gasteiger charge is -2.14. The third-order valence-electron chi connectivity index (χ3n) is 3.57. The molecule has 6 nitrogen and oxygen atoms in total. The lowest BCUT2D eigenvalue weighted by Crippen LogP contribution is -2.09. The molecular formula is C13H13ClN4O2. The van der Waals surface area contributed by atoms with Crippen LogP contribution in [0.3, 0.4) is 0 Å². The fourth-order valence-corrected chi connectivity index (χ4v) is 2.81. The number of nitrogens with zero attached hydrogens (tertiary/aromatic N) is 3. The van der Waals surface area contributed by atoms with Gasteiger partial charge in [0.1, 0.15) is 11.5 Å². The Bertz CT molecular complexity index is 696. The average molecular weight is 293 g/mol. The number of hydrogen-bond donors (Lipinski definition) is 1. The van der Waals surface area contributed by atoms with Crippen molar-refractivity contribution in [1.82, 2.24) is 9.78 Å². The second-order valence-corrected chi connectivity index (χ2v) is 5.26. The Kier molecular flexibility index (Phi) is 3.10. The molecule has 0 radical (unpaired) electrons. The molecule has 1 aromatic carbocycles. The first kappa shape index (κ1) is 12.9. The fourth-order valence-electron chi connectivity index (χ4n) is 2.65. The monoisotopic (exact) mass is 292 g/mol. The van der Waals surface area contributed by atoms with Crippen molar-refractivity contribution < 1.29 is 4.92 Å². The van der Waals surface area contributed by atoms with E-state index in [4.69, 9.17) is 17.3 Å². The van der Waals surface area contributed by atoms with E-state index in [0.717, 1.165) is 36.9 Å². The number of nitrogens with two attached hydrogens (primary N) is 1. The first-order chi connectivity index (χ1) is 9.58. The maximum atomic E-state index is 11.2. The van der Waals surface area contributed by atoms with Gasteiger partial charge in [0.2, 0.25) is 0 Å². The number of nitro groups is 1. The van der Waals surface area contributed by atoms with Crippen molar-refractivity contribution in [3.63, 3.8) is 0 Å². The molecule has 0 bridgehead atoms. The van der Waals surface area contributed by atoms with Crippen LogP contribution in [0, 0.1) is 10.1 Å². The Morgan fingerprint density at radius 3 is 2.85 bits per heavy atom. The number of fused-ring (bicyclic) bond motifs is 1. The summed E-state index contributed by atoms with van der Waals surface area (Å²) in [7, 11) is 0. The Hall–Kier alpha value is -2.08. The van der Waals surface area contributed by atoms with Crippen LogP contribution in [0.15, 0.2) is 18.2 Å². The van der Waals surface area contributed by atoms with Crippen LogP contribution in [0.25, 0.3) is 5.69 Å². The predicted molar refractivity (Wildman–Crippen MR) is 76.3 cm³/mol. The molecule has 1 aliphatic carbocycles. The number of nitrogen functional groups attached to an aromatic ring is 1. The molecule has 1 aromatic heterocycles. The van der Waals surface area contributed by atoms with Gasteiger partial charge in [0.25, 0.3) is 5.69 Å². The van der Waals surface area contributed by atoms with Gasteiger partial charge in [-0.3, -0.25) is 10.1 Å². The quantitative estimate of drug-likeness (QED) is 0.681. The van der Waals surface area contributed by atoms with E-state index in [2.05, 4.69) is 5.10 Å². The van der Waals surface area contributed by atoms with Gasteiger partial charge in [-0.15, -0.1) is 5.10 Å². The second kappa shape index (κ2) is 4.79. The Morgan fingerprint density at radius 1 is 1.35 bits per heavy atom. The normalized spacial score (nSPS) is 14.1. The highest BCUT2D eigenvalue weighted by molar-refractivity contribution is 6.30. The summed E-state index contributed by atoms with van der Waals surface area (Å²) < 4.78 is 1.58. The van der Waals surface area contributed by atoms with Crippen molar-refractivity contribution in [2.24, 2.45) is 0 Å². The summed E-state index contributed by atoms with van der Waals surface area (Å²) in [5.74, 6) is 0.453. The minimum atomic E-state index is -0.432. The van der Waals surface area contributed by atoms with Gasteiger partial charge in [0.15, 0.2) is 0 Å².